The lowest BCUT2D eigenvalue weighted by atomic mass is 9.69. The SMILES string of the molecule is Cc1ccc(S(=O)(=O)n2nc(NC3CCC3)c3c2CC(c2ccccc2)(c2cccnc2)C=C3)cc1. The molecule has 6 rings (SSSR count). The highest BCUT2D eigenvalue weighted by atomic mass is 32.2. The summed E-state index contributed by atoms with van der Waals surface area (Å²) in [4.78, 5) is 4.62. The quantitative estimate of drug-likeness (QED) is 0.390. The van der Waals surface area contributed by atoms with E-state index in [1.807, 2.05) is 55.6 Å². The van der Waals surface area contributed by atoms with Crippen molar-refractivity contribution in [2.24, 2.45) is 0 Å². The van der Waals surface area contributed by atoms with Gasteiger partial charge in [-0.1, -0.05) is 66.2 Å². The van der Waals surface area contributed by atoms with Crippen LogP contribution in [0.2, 0.25) is 0 Å². The molecule has 1 saturated carbocycles. The number of anilines is 1. The number of pyridine rings is 1. The minimum atomic E-state index is -3.90. The second-order valence-corrected chi connectivity index (χ2v) is 11.5. The van der Waals surface area contributed by atoms with Crippen LogP contribution in [0.1, 0.15) is 47.2 Å². The van der Waals surface area contributed by atoms with Gasteiger partial charge in [-0.3, -0.25) is 4.98 Å². The molecule has 7 heteroatoms. The number of nitrogens with one attached hydrogen (secondary N) is 1. The molecule has 0 saturated heterocycles. The van der Waals surface area contributed by atoms with E-state index in [2.05, 4.69) is 39.7 Å². The molecule has 1 fully saturated rings. The maximum Gasteiger partial charge on any atom is 0.283 e. The molecule has 0 spiro atoms. The predicted octanol–water partition coefficient (Wildman–Crippen LogP) is 5.34. The van der Waals surface area contributed by atoms with E-state index in [0.29, 0.717) is 24.0 Å². The number of aromatic nitrogens is 3. The van der Waals surface area contributed by atoms with Crippen LogP contribution in [-0.4, -0.2) is 28.6 Å². The first kappa shape index (κ1) is 22.7. The summed E-state index contributed by atoms with van der Waals surface area (Å²) in [5.74, 6) is 0.634. The fraction of sp³-hybridized carbons (Fsp3) is 0.241. The van der Waals surface area contributed by atoms with E-state index in [1.54, 1.807) is 18.3 Å². The van der Waals surface area contributed by atoms with E-state index in [1.165, 1.54) is 10.5 Å². The summed E-state index contributed by atoms with van der Waals surface area (Å²) in [5.41, 5.74) is 4.03. The van der Waals surface area contributed by atoms with Gasteiger partial charge in [-0.2, -0.15) is 12.5 Å². The zero-order valence-electron chi connectivity index (χ0n) is 20.1. The van der Waals surface area contributed by atoms with Gasteiger partial charge in [-0.25, -0.2) is 0 Å². The molecular formula is C29H28N4O2S. The monoisotopic (exact) mass is 496 g/mol. The molecule has 2 heterocycles. The Morgan fingerprint density at radius 1 is 0.972 bits per heavy atom. The Kier molecular flexibility index (Phi) is 5.52. The topological polar surface area (TPSA) is 76.9 Å². The van der Waals surface area contributed by atoms with Crippen LogP contribution < -0.4 is 5.32 Å². The zero-order chi connectivity index (χ0) is 24.8. The standard InChI is InChI=1S/C29H28N4O2S/c1-21-12-14-25(15-13-21)36(34,35)33-27-19-29(22-7-3-2-4-8-22,23-9-6-18-30-20-23)17-16-26(27)28(32-33)31-24-10-5-11-24/h2-4,6-9,12-18,20,24H,5,10-11,19H2,1H3,(H,31,32). The highest BCUT2D eigenvalue weighted by Gasteiger charge is 2.40. The van der Waals surface area contributed by atoms with Gasteiger partial charge < -0.3 is 5.32 Å². The van der Waals surface area contributed by atoms with Crippen LogP contribution in [0.4, 0.5) is 5.82 Å². The first-order chi connectivity index (χ1) is 17.5. The maximum absolute atomic E-state index is 13.9. The van der Waals surface area contributed by atoms with Gasteiger partial charge in [0.2, 0.25) is 0 Å². The molecular weight excluding hydrogens is 468 g/mol. The van der Waals surface area contributed by atoms with Crippen molar-refractivity contribution in [1.82, 2.24) is 14.2 Å². The van der Waals surface area contributed by atoms with E-state index < -0.39 is 15.4 Å². The molecule has 2 aromatic heterocycles. The molecule has 1 unspecified atom stereocenters. The average Bonchev–Trinajstić information content (AvgIpc) is 3.25. The van der Waals surface area contributed by atoms with Gasteiger partial charge in [0.05, 0.1) is 10.6 Å². The molecule has 1 N–H and O–H groups in total. The second kappa shape index (κ2) is 8.75. The molecule has 0 amide bonds. The van der Waals surface area contributed by atoms with Crippen molar-refractivity contribution in [2.75, 3.05) is 5.32 Å². The molecule has 2 aliphatic carbocycles. The highest BCUT2D eigenvalue weighted by Crippen LogP contribution is 2.44. The second-order valence-electron chi connectivity index (χ2n) is 9.73. The van der Waals surface area contributed by atoms with Gasteiger partial charge in [-0.15, -0.1) is 5.10 Å². The van der Waals surface area contributed by atoms with Crippen LogP contribution in [0.5, 0.6) is 0 Å². The van der Waals surface area contributed by atoms with Gasteiger partial charge in [0, 0.05) is 35.8 Å². The summed E-state index contributed by atoms with van der Waals surface area (Å²) in [5, 5.41) is 8.19. The van der Waals surface area contributed by atoms with Crippen LogP contribution in [0.3, 0.4) is 0 Å². The Hall–Kier alpha value is -3.71. The Morgan fingerprint density at radius 3 is 2.39 bits per heavy atom. The Morgan fingerprint density at radius 2 is 1.72 bits per heavy atom. The van der Waals surface area contributed by atoms with Crippen LogP contribution in [-0.2, 0) is 21.9 Å². The van der Waals surface area contributed by atoms with E-state index in [9.17, 15) is 8.42 Å². The van der Waals surface area contributed by atoms with Gasteiger partial charge in [0.1, 0.15) is 0 Å². The summed E-state index contributed by atoms with van der Waals surface area (Å²) in [6.07, 6.45) is 11.6. The third-order valence-electron chi connectivity index (χ3n) is 7.43. The number of allylic oxidation sites excluding steroid dienone is 1. The molecule has 36 heavy (non-hydrogen) atoms. The van der Waals surface area contributed by atoms with Crippen molar-refractivity contribution in [1.29, 1.82) is 0 Å². The Labute approximate surface area is 211 Å². The minimum Gasteiger partial charge on any atom is -0.365 e. The molecule has 1 atom stereocenters. The maximum atomic E-state index is 13.9. The highest BCUT2D eigenvalue weighted by molar-refractivity contribution is 7.89. The number of rotatable bonds is 6. The van der Waals surface area contributed by atoms with Gasteiger partial charge in [0.25, 0.3) is 10.0 Å². The number of benzene rings is 2. The van der Waals surface area contributed by atoms with Gasteiger partial charge >= 0.3 is 0 Å². The van der Waals surface area contributed by atoms with Crippen molar-refractivity contribution in [2.45, 2.75) is 49.0 Å². The lowest BCUT2D eigenvalue weighted by molar-refractivity contribution is 0.444. The third kappa shape index (κ3) is 3.75. The normalized spacial score (nSPS) is 19.5. The molecule has 2 aromatic carbocycles. The largest absolute Gasteiger partial charge is 0.365 e. The Bertz CT molecular complexity index is 1480. The smallest absolute Gasteiger partial charge is 0.283 e. The van der Waals surface area contributed by atoms with Crippen molar-refractivity contribution < 1.29 is 8.42 Å². The van der Waals surface area contributed by atoms with E-state index in [0.717, 1.165) is 35.1 Å². The van der Waals surface area contributed by atoms with Gasteiger partial charge in [0.15, 0.2) is 5.82 Å². The first-order valence-electron chi connectivity index (χ1n) is 12.3. The lowest BCUT2D eigenvalue weighted by Crippen LogP contribution is -2.33. The number of fused-ring (bicyclic) bond motifs is 1. The van der Waals surface area contributed by atoms with E-state index in [4.69, 9.17) is 0 Å². The number of nitrogens with zero attached hydrogens (tertiary/aromatic N) is 3. The molecule has 182 valence electrons. The molecule has 2 aliphatic rings. The average molecular weight is 497 g/mol. The Balaban J connectivity index is 1.54. The molecule has 4 aromatic rings. The number of hydrogen-bond acceptors (Lipinski definition) is 5. The summed E-state index contributed by atoms with van der Waals surface area (Å²) in [6.45, 7) is 1.94. The summed E-state index contributed by atoms with van der Waals surface area (Å²) in [7, 11) is -3.90. The van der Waals surface area contributed by atoms with Crippen LogP contribution in [0.15, 0.2) is 90.1 Å². The lowest BCUT2D eigenvalue weighted by Gasteiger charge is -2.34. The van der Waals surface area contributed by atoms with E-state index >= 15 is 0 Å². The fourth-order valence-corrected chi connectivity index (χ4v) is 6.44. The van der Waals surface area contributed by atoms with Gasteiger partial charge in [-0.05, 0) is 55.5 Å². The first-order valence-corrected chi connectivity index (χ1v) is 13.8. The van der Waals surface area contributed by atoms with Crippen LogP contribution in [0.25, 0.3) is 6.08 Å². The van der Waals surface area contributed by atoms with Crippen molar-refractivity contribution >= 4 is 21.9 Å². The minimum absolute atomic E-state index is 0.231. The predicted molar refractivity (Wildman–Crippen MR) is 141 cm³/mol. The molecule has 6 nitrogen and oxygen atoms in total. The summed E-state index contributed by atoms with van der Waals surface area (Å²) in [6, 6.07) is 21.4. The number of aryl methyl sites for hydroxylation is 1. The van der Waals surface area contributed by atoms with Crippen LogP contribution in [0, 0.1) is 6.92 Å². The number of hydrogen-bond donors (Lipinski definition) is 1. The molecule has 0 radical (unpaired) electrons. The van der Waals surface area contributed by atoms with Crippen LogP contribution >= 0.6 is 0 Å². The fourth-order valence-electron chi connectivity index (χ4n) is 5.12. The summed E-state index contributed by atoms with van der Waals surface area (Å²) >= 11 is 0. The zero-order valence-corrected chi connectivity index (χ0v) is 20.9. The summed E-state index contributed by atoms with van der Waals surface area (Å²) < 4.78 is 29.1. The molecule has 0 bridgehead atoms. The van der Waals surface area contributed by atoms with Crippen molar-refractivity contribution in [3.8, 4) is 0 Å². The van der Waals surface area contributed by atoms with Crippen molar-refractivity contribution in [3.05, 3.63) is 113 Å². The van der Waals surface area contributed by atoms with Crippen molar-refractivity contribution in [3.63, 3.8) is 0 Å². The third-order valence-corrected chi connectivity index (χ3v) is 9.05. The van der Waals surface area contributed by atoms with E-state index in [-0.39, 0.29) is 4.90 Å². The molecule has 0 aliphatic heterocycles.